The maximum Gasteiger partial charge on any atom is 0.344 e. The normalized spacial score (nSPS) is 14.6. The van der Waals surface area contributed by atoms with Crippen LogP contribution in [0.15, 0.2) is 69.9 Å². The molecule has 0 N–H and O–H groups in total. The van der Waals surface area contributed by atoms with Crippen molar-refractivity contribution in [2.45, 2.75) is 32.7 Å². The summed E-state index contributed by atoms with van der Waals surface area (Å²) in [5, 5.41) is 2.46. The molecule has 29 heavy (non-hydrogen) atoms. The monoisotopic (exact) mass is 385 g/mol. The Hall–Kier alpha value is -3.27. The molecular formula is C25H23NO3. The van der Waals surface area contributed by atoms with E-state index in [2.05, 4.69) is 43.0 Å². The van der Waals surface area contributed by atoms with Crippen LogP contribution in [-0.2, 0) is 6.54 Å². The molecule has 0 fully saturated rings. The van der Waals surface area contributed by atoms with E-state index in [9.17, 15) is 4.79 Å². The summed E-state index contributed by atoms with van der Waals surface area (Å²) in [6, 6.07) is 20.2. The second-order valence-electron chi connectivity index (χ2n) is 7.73. The molecule has 0 unspecified atom stereocenters. The van der Waals surface area contributed by atoms with Crippen LogP contribution in [0.4, 0.5) is 5.69 Å². The van der Waals surface area contributed by atoms with Crippen LogP contribution in [0.5, 0.6) is 5.75 Å². The largest absolute Gasteiger partial charge is 0.473 e. The van der Waals surface area contributed by atoms with E-state index >= 15 is 0 Å². The van der Waals surface area contributed by atoms with Gasteiger partial charge < -0.3 is 14.1 Å². The third-order valence-electron chi connectivity index (χ3n) is 6.01. The van der Waals surface area contributed by atoms with E-state index in [4.69, 9.17) is 9.15 Å². The number of rotatable bonds is 3. The van der Waals surface area contributed by atoms with Crippen LogP contribution in [-0.4, -0.2) is 6.73 Å². The van der Waals surface area contributed by atoms with Gasteiger partial charge in [-0.2, -0.15) is 0 Å². The third kappa shape index (κ3) is 2.96. The molecule has 1 atom stereocenters. The lowest BCUT2D eigenvalue weighted by molar-refractivity contribution is 0.289. The average Bonchev–Trinajstić information content (AvgIpc) is 2.78. The molecule has 0 radical (unpaired) electrons. The van der Waals surface area contributed by atoms with E-state index in [-0.39, 0.29) is 5.63 Å². The second kappa shape index (κ2) is 6.96. The fourth-order valence-electron chi connectivity index (χ4n) is 4.07. The van der Waals surface area contributed by atoms with E-state index in [0.717, 1.165) is 34.2 Å². The number of nitrogens with zero attached hydrogens (tertiary/aromatic N) is 1. The van der Waals surface area contributed by atoms with Gasteiger partial charge in [0.05, 0.1) is 17.5 Å². The molecule has 0 aliphatic carbocycles. The van der Waals surface area contributed by atoms with Crippen LogP contribution in [0, 0.1) is 0 Å². The van der Waals surface area contributed by atoms with Crippen LogP contribution in [0.1, 0.15) is 37.3 Å². The zero-order valence-electron chi connectivity index (χ0n) is 16.6. The number of ether oxygens (including phenoxy) is 1. The number of anilines is 1. The van der Waals surface area contributed by atoms with Crippen molar-refractivity contribution in [1.82, 2.24) is 0 Å². The minimum atomic E-state index is -0.309. The molecule has 4 aromatic rings. The highest BCUT2D eigenvalue weighted by molar-refractivity contribution is 6.05. The minimum Gasteiger partial charge on any atom is -0.473 e. The molecule has 0 amide bonds. The quantitative estimate of drug-likeness (QED) is 0.329. The molecule has 0 saturated carbocycles. The Kier molecular flexibility index (Phi) is 4.27. The van der Waals surface area contributed by atoms with Gasteiger partial charge in [0.15, 0.2) is 6.73 Å². The van der Waals surface area contributed by atoms with Crippen molar-refractivity contribution in [3.8, 4) is 5.75 Å². The smallest absolute Gasteiger partial charge is 0.344 e. The van der Waals surface area contributed by atoms with E-state index in [1.807, 2.05) is 36.4 Å². The Morgan fingerprint density at radius 3 is 2.48 bits per heavy atom. The molecule has 5 rings (SSSR count). The highest BCUT2D eigenvalue weighted by Gasteiger charge is 2.23. The number of hydrogen-bond donors (Lipinski definition) is 0. The summed E-state index contributed by atoms with van der Waals surface area (Å²) in [5.74, 6) is 1.33. The van der Waals surface area contributed by atoms with Crippen LogP contribution >= 0.6 is 0 Å². The van der Waals surface area contributed by atoms with Gasteiger partial charge in [0, 0.05) is 11.1 Å². The second-order valence-corrected chi connectivity index (χ2v) is 7.73. The molecule has 1 aliphatic heterocycles. The zero-order valence-corrected chi connectivity index (χ0v) is 16.6. The lowest BCUT2D eigenvalue weighted by atomic mass is 9.98. The summed E-state index contributed by atoms with van der Waals surface area (Å²) in [5.41, 5.74) is 3.67. The van der Waals surface area contributed by atoms with Crippen molar-refractivity contribution >= 4 is 27.4 Å². The molecule has 4 heteroatoms. The molecule has 0 bridgehead atoms. The Morgan fingerprint density at radius 2 is 1.72 bits per heavy atom. The Morgan fingerprint density at radius 1 is 0.966 bits per heavy atom. The SMILES string of the molecule is CC[C@H](C)c1ccc(N2COc3ccc4c(oc(=O)c5ccccc54)c3C2)cc1. The maximum atomic E-state index is 12.5. The summed E-state index contributed by atoms with van der Waals surface area (Å²) in [6.07, 6.45) is 1.12. The van der Waals surface area contributed by atoms with Crippen LogP contribution < -0.4 is 15.3 Å². The van der Waals surface area contributed by atoms with Gasteiger partial charge in [-0.1, -0.05) is 44.2 Å². The van der Waals surface area contributed by atoms with Gasteiger partial charge in [-0.15, -0.1) is 0 Å². The standard InChI is InChI=1S/C25H23NO3/c1-3-16(2)17-8-10-18(11-9-17)26-14-22-23(28-15-26)13-12-20-19-6-4-5-7-21(19)25(27)29-24(20)22/h4-13,16H,3,14-15H2,1-2H3/t16-/m0/s1. The van der Waals surface area contributed by atoms with Crippen molar-refractivity contribution in [3.63, 3.8) is 0 Å². The lowest BCUT2D eigenvalue weighted by Gasteiger charge is -2.31. The lowest BCUT2D eigenvalue weighted by Crippen LogP contribution is -2.32. The molecule has 0 spiro atoms. The maximum absolute atomic E-state index is 12.5. The summed E-state index contributed by atoms with van der Waals surface area (Å²) < 4.78 is 11.8. The average molecular weight is 385 g/mol. The van der Waals surface area contributed by atoms with Crippen molar-refractivity contribution < 1.29 is 9.15 Å². The first kappa shape index (κ1) is 17.8. The van der Waals surface area contributed by atoms with Crippen molar-refractivity contribution in [1.29, 1.82) is 0 Å². The van der Waals surface area contributed by atoms with E-state index in [1.165, 1.54) is 5.56 Å². The summed E-state index contributed by atoms with van der Waals surface area (Å²) in [7, 11) is 0. The number of fused-ring (bicyclic) bond motifs is 5. The van der Waals surface area contributed by atoms with E-state index in [0.29, 0.717) is 30.2 Å². The first-order valence-electron chi connectivity index (χ1n) is 10.1. The Balaban J connectivity index is 1.58. The molecule has 2 heterocycles. The van der Waals surface area contributed by atoms with Crippen molar-refractivity contribution in [2.24, 2.45) is 0 Å². The van der Waals surface area contributed by atoms with Gasteiger partial charge in [0.2, 0.25) is 0 Å². The van der Waals surface area contributed by atoms with Gasteiger partial charge in [-0.25, -0.2) is 4.79 Å². The van der Waals surface area contributed by atoms with Crippen LogP contribution in [0.3, 0.4) is 0 Å². The molecule has 1 aromatic heterocycles. The van der Waals surface area contributed by atoms with Gasteiger partial charge in [-0.05, 0) is 53.6 Å². The first-order valence-corrected chi connectivity index (χ1v) is 10.1. The first-order chi connectivity index (χ1) is 14.2. The molecule has 3 aromatic carbocycles. The zero-order chi connectivity index (χ0) is 20.0. The molecule has 4 nitrogen and oxygen atoms in total. The molecule has 1 aliphatic rings. The number of hydrogen-bond acceptors (Lipinski definition) is 4. The summed E-state index contributed by atoms with van der Waals surface area (Å²) >= 11 is 0. The topological polar surface area (TPSA) is 42.7 Å². The molecular weight excluding hydrogens is 362 g/mol. The fourth-order valence-corrected chi connectivity index (χ4v) is 4.07. The Bertz CT molecular complexity index is 1260. The highest BCUT2D eigenvalue weighted by atomic mass is 16.5. The molecule has 0 saturated heterocycles. The predicted molar refractivity (Wildman–Crippen MR) is 117 cm³/mol. The predicted octanol–water partition coefficient (Wildman–Crippen LogP) is 5.82. The third-order valence-corrected chi connectivity index (χ3v) is 6.01. The van der Waals surface area contributed by atoms with Gasteiger partial charge in [-0.3, -0.25) is 0 Å². The fraction of sp³-hybridized carbons (Fsp3) is 0.240. The van der Waals surface area contributed by atoms with Crippen molar-refractivity contribution in [3.05, 3.63) is 82.2 Å². The van der Waals surface area contributed by atoms with E-state index in [1.54, 1.807) is 0 Å². The van der Waals surface area contributed by atoms with Gasteiger partial charge in [0.1, 0.15) is 11.3 Å². The van der Waals surface area contributed by atoms with Crippen LogP contribution in [0.25, 0.3) is 21.7 Å². The highest BCUT2D eigenvalue weighted by Crippen LogP contribution is 2.36. The Labute approximate surface area is 169 Å². The van der Waals surface area contributed by atoms with Gasteiger partial charge in [0.25, 0.3) is 0 Å². The summed E-state index contributed by atoms with van der Waals surface area (Å²) in [6.45, 7) is 5.56. The number of benzene rings is 3. The van der Waals surface area contributed by atoms with E-state index < -0.39 is 0 Å². The van der Waals surface area contributed by atoms with Crippen LogP contribution in [0.2, 0.25) is 0 Å². The summed E-state index contributed by atoms with van der Waals surface area (Å²) in [4.78, 5) is 14.7. The van der Waals surface area contributed by atoms with Gasteiger partial charge >= 0.3 is 5.63 Å². The van der Waals surface area contributed by atoms with Crippen molar-refractivity contribution in [2.75, 3.05) is 11.6 Å². The minimum absolute atomic E-state index is 0.309. The molecule has 146 valence electrons.